The zero-order chi connectivity index (χ0) is 15.5. The van der Waals surface area contributed by atoms with Gasteiger partial charge in [-0.05, 0) is 44.1 Å². The second kappa shape index (κ2) is 6.71. The number of thioether (sulfide) groups is 1. The minimum Gasteiger partial charge on any atom is -0.409 e. The van der Waals surface area contributed by atoms with Gasteiger partial charge in [-0.2, -0.15) is 11.8 Å². The number of rotatable bonds is 4. The Hall–Kier alpha value is -1.20. The zero-order valence-corrected chi connectivity index (χ0v) is 13.9. The standard InChI is InChI=1S/C16H25N3OS/c1-12-4-5-13(2)14(10-12)11-19-8-6-16(21-3,7-9-19)15(17)18-20/h4-5,10,20H,6-9,11H2,1-3H3,(H2,17,18). The number of aryl methyl sites for hydroxylation is 2. The Morgan fingerprint density at radius 3 is 2.62 bits per heavy atom. The average Bonchev–Trinajstić information content (AvgIpc) is 2.51. The molecule has 1 aliphatic heterocycles. The first-order valence-corrected chi connectivity index (χ1v) is 8.55. The molecular weight excluding hydrogens is 282 g/mol. The van der Waals surface area contributed by atoms with E-state index in [1.807, 2.05) is 6.26 Å². The molecule has 0 atom stereocenters. The third-order valence-electron chi connectivity index (χ3n) is 4.53. The van der Waals surface area contributed by atoms with Crippen molar-refractivity contribution in [2.24, 2.45) is 10.9 Å². The fraction of sp³-hybridized carbons (Fsp3) is 0.562. The van der Waals surface area contributed by atoms with Gasteiger partial charge in [-0.15, -0.1) is 0 Å². The van der Waals surface area contributed by atoms with Crippen LogP contribution in [0, 0.1) is 13.8 Å². The fourth-order valence-corrected chi connectivity index (χ4v) is 3.78. The maximum absolute atomic E-state index is 8.99. The van der Waals surface area contributed by atoms with E-state index in [0.717, 1.165) is 32.5 Å². The molecule has 3 N–H and O–H groups in total. The molecular formula is C16H25N3OS. The molecule has 1 fully saturated rings. The van der Waals surface area contributed by atoms with Crippen molar-refractivity contribution >= 4 is 17.6 Å². The first-order chi connectivity index (χ1) is 10.0. The lowest BCUT2D eigenvalue weighted by Crippen LogP contribution is -2.49. The van der Waals surface area contributed by atoms with Gasteiger partial charge in [0.1, 0.15) is 0 Å². The van der Waals surface area contributed by atoms with Crippen molar-refractivity contribution in [3.63, 3.8) is 0 Å². The zero-order valence-electron chi connectivity index (χ0n) is 13.1. The number of oxime groups is 1. The molecule has 0 amide bonds. The predicted octanol–water partition coefficient (Wildman–Crippen LogP) is 2.75. The Bertz CT molecular complexity index is 522. The van der Waals surface area contributed by atoms with E-state index in [2.05, 4.69) is 42.1 Å². The monoisotopic (exact) mass is 307 g/mol. The molecule has 1 aromatic carbocycles. The largest absolute Gasteiger partial charge is 0.409 e. The van der Waals surface area contributed by atoms with Crippen LogP contribution in [0.2, 0.25) is 0 Å². The number of hydrogen-bond acceptors (Lipinski definition) is 4. The van der Waals surface area contributed by atoms with E-state index in [0.29, 0.717) is 5.84 Å². The van der Waals surface area contributed by atoms with Crippen molar-refractivity contribution < 1.29 is 5.21 Å². The van der Waals surface area contributed by atoms with Crippen molar-refractivity contribution in [2.45, 2.75) is 38.0 Å². The Morgan fingerprint density at radius 2 is 2.05 bits per heavy atom. The van der Waals surface area contributed by atoms with E-state index in [9.17, 15) is 0 Å². The highest BCUT2D eigenvalue weighted by molar-refractivity contribution is 8.00. The Balaban J connectivity index is 2.03. The molecule has 0 bridgehead atoms. The lowest BCUT2D eigenvalue weighted by atomic mass is 9.93. The van der Waals surface area contributed by atoms with Gasteiger partial charge in [0.2, 0.25) is 0 Å². The Labute approximate surface area is 131 Å². The van der Waals surface area contributed by atoms with Crippen molar-refractivity contribution in [3.8, 4) is 0 Å². The number of benzene rings is 1. The van der Waals surface area contributed by atoms with Crippen molar-refractivity contribution in [1.82, 2.24) is 4.90 Å². The molecule has 0 saturated carbocycles. The summed E-state index contributed by atoms with van der Waals surface area (Å²) in [6, 6.07) is 6.62. The van der Waals surface area contributed by atoms with E-state index in [1.165, 1.54) is 16.7 Å². The lowest BCUT2D eigenvalue weighted by Gasteiger charge is -2.39. The van der Waals surface area contributed by atoms with Crippen LogP contribution in [-0.2, 0) is 6.54 Å². The van der Waals surface area contributed by atoms with Crippen LogP contribution in [0.5, 0.6) is 0 Å². The van der Waals surface area contributed by atoms with E-state index in [4.69, 9.17) is 10.9 Å². The maximum atomic E-state index is 8.99. The SMILES string of the molecule is CSC1(C(N)=NO)CCN(Cc2cc(C)ccc2C)CC1. The second-order valence-corrected chi connectivity index (χ2v) is 7.08. The Kier molecular flexibility index (Phi) is 5.17. The van der Waals surface area contributed by atoms with E-state index in [1.54, 1.807) is 11.8 Å². The molecule has 2 rings (SSSR count). The third-order valence-corrected chi connectivity index (χ3v) is 5.93. The average molecular weight is 307 g/mol. The number of nitrogens with zero attached hydrogens (tertiary/aromatic N) is 2. The van der Waals surface area contributed by atoms with Gasteiger partial charge >= 0.3 is 0 Å². The molecule has 0 aromatic heterocycles. The molecule has 1 heterocycles. The highest BCUT2D eigenvalue weighted by atomic mass is 32.2. The lowest BCUT2D eigenvalue weighted by molar-refractivity contribution is 0.209. The van der Waals surface area contributed by atoms with Gasteiger partial charge < -0.3 is 10.9 Å². The number of likely N-dealkylation sites (tertiary alicyclic amines) is 1. The van der Waals surface area contributed by atoms with Crippen LogP contribution in [0.25, 0.3) is 0 Å². The summed E-state index contributed by atoms with van der Waals surface area (Å²) < 4.78 is -0.201. The summed E-state index contributed by atoms with van der Waals surface area (Å²) in [6.45, 7) is 7.24. The molecule has 5 heteroatoms. The smallest absolute Gasteiger partial charge is 0.155 e. The maximum Gasteiger partial charge on any atom is 0.155 e. The number of hydrogen-bond donors (Lipinski definition) is 2. The number of amidine groups is 1. The molecule has 1 aromatic rings. The van der Waals surface area contributed by atoms with Crippen molar-refractivity contribution in [2.75, 3.05) is 19.3 Å². The molecule has 1 aliphatic rings. The topological polar surface area (TPSA) is 61.9 Å². The van der Waals surface area contributed by atoms with Crippen LogP contribution in [-0.4, -0.2) is 40.0 Å². The van der Waals surface area contributed by atoms with Crippen LogP contribution in [0.15, 0.2) is 23.4 Å². The van der Waals surface area contributed by atoms with Gasteiger partial charge in [-0.25, -0.2) is 0 Å². The molecule has 0 aliphatic carbocycles. The van der Waals surface area contributed by atoms with Crippen molar-refractivity contribution in [1.29, 1.82) is 0 Å². The minimum absolute atomic E-state index is 0.201. The van der Waals surface area contributed by atoms with Gasteiger partial charge in [0.05, 0.1) is 4.75 Å². The summed E-state index contributed by atoms with van der Waals surface area (Å²) in [5, 5.41) is 12.2. The van der Waals surface area contributed by atoms with E-state index in [-0.39, 0.29) is 4.75 Å². The van der Waals surface area contributed by atoms with Gasteiger partial charge in [0.15, 0.2) is 5.84 Å². The number of nitrogens with two attached hydrogens (primary N) is 1. The van der Waals surface area contributed by atoms with Crippen LogP contribution in [0.1, 0.15) is 29.5 Å². The summed E-state index contributed by atoms with van der Waals surface area (Å²) in [5.74, 6) is 0.362. The Morgan fingerprint density at radius 1 is 1.38 bits per heavy atom. The van der Waals surface area contributed by atoms with Crippen LogP contribution >= 0.6 is 11.8 Å². The van der Waals surface area contributed by atoms with Gasteiger partial charge in [-0.1, -0.05) is 28.9 Å². The normalized spacial score (nSPS) is 19.7. The highest BCUT2D eigenvalue weighted by Crippen LogP contribution is 2.35. The molecule has 4 nitrogen and oxygen atoms in total. The van der Waals surface area contributed by atoms with Gasteiger partial charge in [-0.3, -0.25) is 4.90 Å². The van der Waals surface area contributed by atoms with E-state index < -0.39 is 0 Å². The molecule has 0 unspecified atom stereocenters. The first-order valence-electron chi connectivity index (χ1n) is 7.32. The van der Waals surface area contributed by atoms with Gasteiger partial charge in [0, 0.05) is 19.6 Å². The molecule has 0 radical (unpaired) electrons. The molecule has 116 valence electrons. The first kappa shape index (κ1) is 16.2. The van der Waals surface area contributed by atoms with Crippen LogP contribution in [0.4, 0.5) is 0 Å². The summed E-state index contributed by atoms with van der Waals surface area (Å²) in [6.07, 6.45) is 3.89. The summed E-state index contributed by atoms with van der Waals surface area (Å²) in [5.41, 5.74) is 9.95. The number of piperidine rings is 1. The van der Waals surface area contributed by atoms with Gasteiger partial charge in [0.25, 0.3) is 0 Å². The fourth-order valence-electron chi connectivity index (χ4n) is 2.94. The second-order valence-electron chi connectivity index (χ2n) is 5.89. The molecule has 1 saturated heterocycles. The van der Waals surface area contributed by atoms with Crippen LogP contribution in [0.3, 0.4) is 0 Å². The summed E-state index contributed by atoms with van der Waals surface area (Å²) in [7, 11) is 0. The summed E-state index contributed by atoms with van der Waals surface area (Å²) >= 11 is 1.70. The summed E-state index contributed by atoms with van der Waals surface area (Å²) in [4.78, 5) is 2.46. The molecule has 21 heavy (non-hydrogen) atoms. The predicted molar refractivity (Wildman–Crippen MR) is 90.1 cm³/mol. The quantitative estimate of drug-likeness (QED) is 0.389. The highest BCUT2D eigenvalue weighted by Gasteiger charge is 2.38. The van der Waals surface area contributed by atoms with Crippen LogP contribution < -0.4 is 5.73 Å². The van der Waals surface area contributed by atoms with Crippen molar-refractivity contribution in [3.05, 3.63) is 34.9 Å². The minimum atomic E-state index is -0.201. The van der Waals surface area contributed by atoms with E-state index >= 15 is 0 Å². The third kappa shape index (κ3) is 3.52. The molecule has 0 spiro atoms.